The lowest BCUT2D eigenvalue weighted by molar-refractivity contribution is -0.150. The lowest BCUT2D eigenvalue weighted by Gasteiger charge is -2.13. The van der Waals surface area contributed by atoms with Crippen LogP contribution in [0.2, 0.25) is 0 Å². The van der Waals surface area contributed by atoms with Crippen molar-refractivity contribution in [2.75, 3.05) is 6.61 Å². The number of carbonyl (C=O) groups is 2. The predicted molar refractivity (Wildman–Crippen MR) is 40.2 cm³/mol. The van der Waals surface area contributed by atoms with E-state index in [1.54, 1.807) is 6.92 Å². The fourth-order valence-electron chi connectivity index (χ4n) is 0.539. The number of rotatable bonds is 4. The Hall–Kier alpha value is -1.14. The third kappa shape index (κ3) is 2.85. The van der Waals surface area contributed by atoms with Crippen molar-refractivity contribution in [3.8, 4) is 0 Å². The molecular weight excluding hydrogens is 164 g/mol. The van der Waals surface area contributed by atoms with Gasteiger partial charge >= 0.3 is 11.9 Å². The molecule has 12 heavy (non-hydrogen) atoms. The van der Waals surface area contributed by atoms with Gasteiger partial charge in [-0.1, -0.05) is 0 Å². The summed E-state index contributed by atoms with van der Waals surface area (Å²) >= 11 is 0. The monoisotopic (exact) mass is 176 g/mol. The van der Waals surface area contributed by atoms with Crippen molar-refractivity contribution in [1.82, 2.24) is 0 Å². The third-order valence-corrected chi connectivity index (χ3v) is 1.23. The van der Waals surface area contributed by atoms with Crippen LogP contribution in [0.3, 0.4) is 0 Å². The van der Waals surface area contributed by atoms with E-state index in [9.17, 15) is 9.59 Å². The Labute approximate surface area is 69.5 Å². The van der Waals surface area contributed by atoms with Gasteiger partial charge in [0.2, 0.25) is 0 Å². The highest BCUT2D eigenvalue weighted by Crippen LogP contribution is 1.91. The lowest BCUT2D eigenvalue weighted by Crippen LogP contribution is -2.52. The zero-order chi connectivity index (χ0) is 9.72. The van der Waals surface area contributed by atoms with E-state index >= 15 is 0 Å². The molecule has 0 rings (SSSR count). The van der Waals surface area contributed by atoms with Crippen LogP contribution in [0.4, 0.5) is 0 Å². The molecule has 0 radical (unpaired) electrons. The van der Waals surface area contributed by atoms with Crippen molar-refractivity contribution in [3.05, 3.63) is 0 Å². The predicted octanol–water partition coefficient (Wildman–Crippen LogP) is -1.71. The number of hydrogen-bond donors (Lipinski definition) is 3. The summed E-state index contributed by atoms with van der Waals surface area (Å²) in [6.45, 7) is 1.75. The summed E-state index contributed by atoms with van der Waals surface area (Å²) in [5, 5.41) is 8.36. The summed E-state index contributed by atoms with van der Waals surface area (Å²) in [4.78, 5) is 21.0. The van der Waals surface area contributed by atoms with Gasteiger partial charge in [-0.3, -0.25) is 9.59 Å². The fourth-order valence-corrected chi connectivity index (χ4v) is 0.539. The third-order valence-electron chi connectivity index (χ3n) is 1.23. The summed E-state index contributed by atoms with van der Waals surface area (Å²) in [6.07, 6.45) is 0. The van der Waals surface area contributed by atoms with E-state index in [1.165, 1.54) is 0 Å². The van der Waals surface area contributed by atoms with Gasteiger partial charge in [0.15, 0.2) is 0 Å². The molecule has 2 unspecified atom stereocenters. The molecule has 0 aliphatic heterocycles. The Morgan fingerprint density at radius 1 is 1.42 bits per heavy atom. The maximum atomic E-state index is 10.8. The molecule has 0 amide bonds. The number of carboxylic acid groups (broad SMARTS) is 1. The molecule has 0 saturated carbocycles. The van der Waals surface area contributed by atoms with E-state index in [2.05, 4.69) is 4.74 Å². The average molecular weight is 176 g/mol. The molecule has 5 N–H and O–H groups in total. The molecule has 0 aliphatic carbocycles. The Morgan fingerprint density at radius 2 is 1.92 bits per heavy atom. The van der Waals surface area contributed by atoms with Gasteiger partial charge in [0.05, 0.1) is 6.61 Å². The van der Waals surface area contributed by atoms with E-state index in [-0.39, 0.29) is 6.61 Å². The molecule has 0 fully saturated rings. The first-order valence-electron chi connectivity index (χ1n) is 3.41. The first kappa shape index (κ1) is 10.9. The van der Waals surface area contributed by atoms with Crippen LogP contribution in [0.15, 0.2) is 0 Å². The van der Waals surface area contributed by atoms with Crippen LogP contribution in [0, 0.1) is 0 Å². The van der Waals surface area contributed by atoms with E-state index in [1.807, 2.05) is 0 Å². The molecule has 0 saturated heterocycles. The topological polar surface area (TPSA) is 116 Å². The van der Waals surface area contributed by atoms with E-state index in [4.69, 9.17) is 16.6 Å². The molecule has 2 atom stereocenters. The van der Waals surface area contributed by atoms with E-state index in [0.29, 0.717) is 0 Å². The molecule has 70 valence electrons. The van der Waals surface area contributed by atoms with Gasteiger partial charge in [-0.15, -0.1) is 0 Å². The SMILES string of the molecule is CCOC(=O)C(N)C(N)C(=O)O. The molecule has 0 aromatic heterocycles. The summed E-state index contributed by atoms with van der Waals surface area (Å²) in [6, 6.07) is -2.72. The highest BCUT2D eigenvalue weighted by molar-refractivity contribution is 5.85. The molecular formula is C6H12N2O4. The number of aliphatic carboxylic acids is 1. The molecule has 0 aromatic rings. The standard InChI is InChI=1S/C6H12N2O4/c1-2-12-6(11)4(8)3(7)5(9)10/h3-4H,2,7-8H2,1H3,(H,9,10). The lowest BCUT2D eigenvalue weighted by atomic mass is 10.1. The van der Waals surface area contributed by atoms with Crippen molar-refractivity contribution in [2.24, 2.45) is 11.5 Å². The van der Waals surface area contributed by atoms with Crippen LogP contribution < -0.4 is 11.5 Å². The van der Waals surface area contributed by atoms with E-state index < -0.39 is 24.0 Å². The normalized spacial score (nSPS) is 14.9. The largest absolute Gasteiger partial charge is 0.480 e. The van der Waals surface area contributed by atoms with Crippen LogP contribution in [0.1, 0.15) is 6.92 Å². The molecule has 0 bridgehead atoms. The van der Waals surface area contributed by atoms with Crippen LogP contribution in [-0.2, 0) is 14.3 Å². The first-order valence-corrected chi connectivity index (χ1v) is 3.41. The van der Waals surface area contributed by atoms with Crippen molar-refractivity contribution in [3.63, 3.8) is 0 Å². The van der Waals surface area contributed by atoms with Crippen molar-refractivity contribution in [2.45, 2.75) is 19.0 Å². The molecule has 6 nitrogen and oxygen atoms in total. The average Bonchev–Trinajstić information content (AvgIpc) is 2.02. The van der Waals surface area contributed by atoms with Crippen LogP contribution in [0.5, 0.6) is 0 Å². The zero-order valence-corrected chi connectivity index (χ0v) is 6.69. The van der Waals surface area contributed by atoms with Crippen molar-refractivity contribution in [1.29, 1.82) is 0 Å². The molecule has 0 aromatic carbocycles. The van der Waals surface area contributed by atoms with Crippen molar-refractivity contribution < 1.29 is 19.4 Å². The van der Waals surface area contributed by atoms with Gasteiger partial charge in [-0.25, -0.2) is 0 Å². The quantitative estimate of drug-likeness (QED) is 0.439. The smallest absolute Gasteiger partial charge is 0.325 e. The number of esters is 1. The van der Waals surface area contributed by atoms with Gasteiger partial charge in [0.1, 0.15) is 12.1 Å². The fraction of sp³-hybridized carbons (Fsp3) is 0.667. The van der Waals surface area contributed by atoms with Crippen molar-refractivity contribution >= 4 is 11.9 Å². The van der Waals surface area contributed by atoms with Gasteiger partial charge in [0, 0.05) is 0 Å². The number of ether oxygens (including phenoxy) is 1. The highest BCUT2D eigenvalue weighted by Gasteiger charge is 2.27. The van der Waals surface area contributed by atoms with Crippen LogP contribution in [0.25, 0.3) is 0 Å². The Morgan fingerprint density at radius 3 is 2.25 bits per heavy atom. The number of nitrogens with two attached hydrogens (primary N) is 2. The van der Waals surface area contributed by atoms with Crippen LogP contribution >= 0.6 is 0 Å². The number of carboxylic acids is 1. The molecule has 0 heterocycles. The number of carbonyl (C=O) groups excluding carboxylic acids is 1. The van der Waals surface area contributed by atoms with Gasteiger partial charge in [-0.2, -0.15) is 0 Å². The second kappa shape index (κ2) is 4.68. The summed E-state index contributed by atoms with van der Waals surface area (Å²) < 4.78 is 4.47. The minimum atomic E-state index is -1.41. The summed E-state index contributed by atoms with van der Waals surface area (Å²) in [5.41, 5.74) is 10.2. The zero-order valence-electron chi connectivity index (χ0n) is 6.69. The maximum absolute atomic E-state index is 10.8. The minimum absolute atomic E-state index is 0.152. The van der Waals surface area contributed by atoms with Gasteiger partial charge in [0.25, 0.3) is 0 Å². The maximum Gasteiger partial charge on any atom is 0.325 e. The highest BCUT2D eigenvalue weighted by atomic mass is 16.5. The first-order chi connectivity index (χ1) is 5.50. The molecule has 0 aliphatic rings. The van der Waals surface area contributed by atoms with Gasteiger partial charge in [-0.05, 0) is 6.92 Å². The van der Waals surface area contributed by atoms with E-state index in [0.717, 1.165) is 0 Å². The van der Waals surface area contributed by atoms with Gasteiger partial charge < -0.3 is 21.3 Å². The number of hydrogen-bond acceptors (Lipinski definition) is 5. The molecule has 0 spiro atoms. The Balaban J connectivity index is 4.09. The second-order valence-electron chi connectivity index (χ2n) is 2.14. The summed E-state index contributed by atoms with van der Waals surface area (Å²) in [5.74, 6) is -2.12. The minimum Gasteiger partial charge on any atom is -0.480 e. The van der Waals surface area contributed by atoms with Crippen LogP contribution in [-0.4, -0.2) is 35.7 Å². The molecule has 6 heteroatoms. The Bertz CT molecular complexity index is 182. The second-order valence-corrected chi connectivity index (χ2v) is 2.14. The summed E-state index contributed by atoms with van der Waals surface area (Å²) in [7, 11) is 0. The Kier molecular flexibility index (Phi) is 4.24.